The molecule has 0 saturated heterocycles. The zero-order valence-corrected chi connectivity index (χ0v) is 11.9. The minimum atomic E-state index is -1.04. The van der Waals surface area contributed by atoms with Crippen LogP contribution in [0.3, 0.4) is 0 Å². The monoisotopic (exact) mass is 284 g/mol. The van der Waals surface area contributed by atoms with Crippen molar-refractivity contribution in [1.29, 1.82) is 0 Å². The van der Waals surface area contributed by atoms with Gasteiger partial charge in [-0.3, -0.25) is 4.79 Å². The number of carboxylic acids is 1. The number of hydrogen-bond acceptors (Lipinski definition) is 3. The Bertz CT molecular complexity index is 471. The third kappa shape index (κ3) is 4.21. The lowest BCUT2D eigenvalue weighted by Gasteiger charge is -2.20. The predicted octanol–water partition coefficient (Wildman–Crippen LogP) is 2.27. The van der Waals surface area contributed by atoms with E-state index in [-0.39, 0.29) is 11.1 Å². The minimum absolute atomic E-state index is 0.153. The minimum Gasteiger partial charge on any atom is -0.480 e. The number of nitrogens with zero attached hydrogens (tertiary/aromatic N) is 1. The second kappa shape index (κ2) is 6.52. The van der Waals surface area contributed by atoms with E-state index in [1.165, 1.54) is 6.07 Å². The summed E-state index contributed by atoms with van der Waals surface area (Å²) >= 11 is 5.78. The highest BCUT2D eigenvalue weighted by Gasteiger charge is 2.25. The van der Waals surface area contributed by atoms with E-state index < -0.39 is 17.9 Å². The van der Waals surface area contributed by atoms with Gasteiger partial charge in [0.2, 0.25) is 0 Å². The molecule has 0 spiro atoms. The summed E-state index contributed by atoms with van der Waals surface area (Å²) < 4.78 is 0. The van der Waals surface area contributed by atoms with Crippen LogP contribution in [-0.4, -0.2) is 28.0 Å². The molecule has 0 radical (unpaired) electrons. The number of carbonyl (C=O) groups excluding carboxylic acids is 1. The number of amides is 1. The van der Waals surface area contributed by atoms with Crippen LogP contribution in [0.4, 0.5) is 0 Å². The highest BCUT2D eigenvalue weighted by Crippen LogP contribution is 2.13. The second-order valence-electron chi connectivity index (χ2n) is 4.49. The number of aryl methyl sites for hydroxylation is 1. The maximum atomic E-state index is 12.0. The van der Waals surface area contributed by atoms with Gasteiger partial charge in [0.15, 0.2) is 0 Å². The summed E-state index contributed by atoms with van der Waals surface area (Å²) in [6.07, 6.45) is 0.660. The Kier molecular flexibility index (Phi) is 5.30. The zero-order chi connectivity index (χ0) is 14.6. The maximum Gasteiger partial charge on any atom is 0.326 e. The quantitative estimate of drug-likeness (QED) is 0.813. The van der Waals surface area contributed by atoms with Gasteiger partial charge >= 0.3 is 5.97 Å². The van der Waals surface area contributed by atoms with Crippen LogP contribution in [0.25, 0.3) is 0 Å². The fourth-order valence-corrected chi connectivity index (χ4v) is 1.92. The van der Waals surface area contributed by atoms with E-state index in [0.717, 1.165) is 0 Å². The molecule has 1 aromatic heterocycles. The summed E-state index contributed by atoms with van der Waals surface area (Å²) in [5.41, 5.74) is 0.917. The van der Waals surface area contributed by atoms with Gasteiger partial charge in [-0.15, -0.1) is 0 Å². The fourth-order valence-electron chi connectivity index (χ4n) is 1.67. The first-order valence-corrected chi connectivity index (χ1v) is 6.40. The zero-order valence-electron chi connectivity index (χ0n) is 11.1. The molecule has 1 amide bonds. The molecule has 0 aliphatic carbocycles. The van der Waals surface area contributed by atoms with Gasteiger partial charge in [-0.25, -0.2) is 9.78 Å². The molecule has 104 valence electrons. The molecule has 0 fully saturated rings. The average Bonchev–Trinajstić information content (AvgIpc) is 2.33. The van der Waals surface area contributed by atoms with Crippen molar-refractivity contribution in [3.8, 4) is 0 Å². The number of pyridine rings is 1. The number of halogens is 1. The first-order chi connectivity index (χ1) is 8.85. The van der Waals surface area contributed by atoms with Gasteiger partial charge in [-0.1, -0.05) is 31.9 Å². The van der Waals surface area contributed by atoms with Crippen molar-refractivity contribution in [1.82, 2.24) is 10.3 Å². The van der Waals surface area contributed by atoms with Crippen molar-refractivity contribution in [2.75, 3.05) is 0 Å². The van der Waals surface area contributed by atoms with Gasteiger partial charge in [-0.05, 0) is 25.0 Å². The van der Waals surface area contributed by atoms with Crippen molar-refractivity contribution in [3.63, 3.8) is 0 Å². The lowest BCUT2D eigenvalue weighted by Crippen LogP contribution is -2.45. The molecule has 0 aliphatic rings. The lowest BCUT2D eigenvalue weighted by molar-refractivity contribution is -0.140. The average molecular weight is 285 g/mol. The molecule has 0 aliphatic heterocycles. The Balaban J connectivity index is 2.90. The van der Waals surface area contributed by atoms with E-state index in [1.54, 1.807) is 19.9 Å². The summed E-state index contributed by atoms with van der Waals surface area (Å²) in [7, 11) is 0. The molecule has 1 aromatic rings. The molecule has 0 aromatic carbocycles. The molecule has 2 atom stereocenters. The number of carbonyl (C=O) groups is 2. The van der Waals surface area contributed by atoms with Gasteiger partial charge in [-0.2, -0.15) is 0 Å². The highest BCUT2D eigenvalue weighted by molar-refractivity contribution is 6.29. The van der Waals surface area contributed by atoms with Crippen molar-refractivity contribution in [3.05, 3.63) is 28.5 Å². The van der Waals surface area contributed by atoms with Gasteiger partial charge in [0.25, 0.3) is 5.91 Å². The second-order valence-corrected chi connectivity index (χ2v) is 4.88. The van der Waals surface area contributed by atoms with E-state index >= 15 is 0 Å². The van der Waals surface area contributed by atoms with E-state index in [1.807, 2.05) is 6.92 Å². The molecule has 5 nitrogen and oxygen atoms in total. The van der Waals surface area contributed by atoms with Crippen LogP contribution in [0.15, 0.2) is 12.1 Å². The van der Waals surface area contributed by atoms with E-state index in [4.69, 9.17) is 16.7 Å². The number of hydrogen-bond donors (Lipinski definition) is 2. The van der Waals surface area contributed by atoms with Gasteiger partial charge in [0.05, 0.1) is 0 Å². The molecule has 0 bridgehead atoms. The van der Waals surface area contributed by atoms with E-state index in [9.17, 15) is 9.59 Å². The highest BCUT2D eigenvalue weighted by atomic mass is 35.5. The fraction of sp³-hybridized carbons (Fsp3) is 0.462. The van der Waals surface area contributed by atoms with Crippen LogP contribution in [0.1, 0.15) is 36.3 Å². The number of aliphatic carboxylic acids is 1. The summed E-state index contributed by atoms with van der Waals surface area (Å²) in [4.78, 5) is 27.1. The Morgan fingerprint density at radius 2 is 2.11 bits per heavy atom. The third-order valence-electron chi connectivity index (χ3n) is 2.95. The first-order valence-electron chi connectivity index (χ1n) is 6.03. The van der Waals surface area contributed by atoms with Crippen molar-refractivity contribution < 1.29 is 14.7 Å². The van der Waals surface area contributed by atoms with Crippen LogP contribution in [0, 0.1) is 12.8 Å². The van der Waals surface area contributed by atoms with Gasteiger partial charge in [0.1, 0.15) is 11.2 Å². The van der Waals surface area contributed by atoms with Crippen molar-refractivity contribution >= 4 is 23.5 Å². The summed E-state index contributed by atoms with van der Waals surface area (Å²) in [6, 6.07) is 2.07. The van der Waals surface area contributed by atoms with Gasteiger partial charge in [0, 0.05) is 11.3 Å². The normalized spacial score (nSPS) is 13.7. The molecule has 2 unspecified atom stereocenters. The van der Waals surface area contributed by atoms with E-state index in [2.05, 4.69) is 10.3 Å². The Morgan fingerprint density at radius 3 is 2.58 bits per heavy atom. The Morgan fingerprint density at radius 1 is 1.47 bits per heavy atom. The van der Waals surface area contributed by atoms with Crippen LogP contribution in [0.5, 0.6) is 0 Å². The number of aromatic nitrogens is 1. The molecule has 1 heterocycles. The number of nitrogens with one attached hydrogen (secondary N) is 1. The van der Waals surface area contributed by atoms with E-state index in [0.29, 0.717) is 17.7 Å². The summed E-state index contributed by atoms with van der Waals surface area (Å²) in [6.45, 7) is 5.37. The molecular weight excluding hydrogens is 268 g/mol. The van der Waals surface area contributed by atoms with Crippen LogP contribution >= 0.6 is 11.6 Å². The molecule has 1 rings (SSSR count). The van der Waals surface area contributed by atoms with Crippen molar-refractivity contribution in [2.45, 2.75) is 33.2 Å². The van der Waals surface area contributed by atoms with Gasteiger partial charge < -0.3 is 10.4 Å². The summed E-state index contributed by atoms with van der Waals surface area (Å²) in [5.74, 6) is -1.65. The molecule has 0 saturated carbocycles. The molecule has 2 N–H and O–H groups in total. The maximum absolute atomic E-state index is 12.0. The smallest absolute Gasteiger partial charge is 0.326 e. The third-order valence-corrected chi connectivity index (χ3v) is 3.14. The SMILES string of the molecule is CCC(C)C(NC(=O)c1cc(C)nc(Cl)c1)C(=O)O. The van der Waals surface area contributed by atoms with Crippen LogP contribution in [-0.2, 0) is 4.79 Å². The molecule has 6 heteroatoms. The molecular formula is C13H17ClN2O3. The van der Waals surface area contributed by atoms with Crippen LogP contribution in [0.2, 0.25) is 5.15 Å². The summed E-state index contributed by atoms with van der Waals surface area (Å²) in [5, 5.41) is 11.8. The van der Waals surface area contributed by atoms with Crippen LogP contribution < -0.4 is 5.32 Å². The van der Waals surface area contributed by atoms with Crippen molar-refractivity contribution in [2.24, 2.45) is 5.92 Å². The topological polar surface area (TPSA) is 79.3 Å². The number of carboxylic acid groups (broad SMARTS) is 1. The Labute approximate surface area is 117 Å². The largest absolute Gasteiger partial charge is 0.480 e. The Hall–Kier alpha value is -1.62. The molecule has 19 heavy (non-hydrogen) atoms. The predicted molar refractivity (Wildman–Crippen MR) is 72.3 cm³/mol. The lowest BCUT2D eigenvalue weighted by atomic mass is 9.99. The first kappa shape index (κ1) is 15.4. The standard InChI is InChI=1S/C13H17ClN2O3/c1-4-7(2)11(13(18)19)16-12(17)9-5-8(3)15-10(14)6-9/h5-7,11H,4H2,1-3H3,(H,16,17)(H,18,19). The number of rotatable bonds is 5.